The zero-order chi connectivity index (χ0) is 13.2. The Hall–Kier alpha value is -2.08. The standard InChI is InChI=1S/C13H13N3O3/c1-8-2-4-14-6-9(8)12-15-13(19-16-12)10-7-18-5-3-11(10)17/h2,4,6,10H,3,5,7H2,1H3. The van der Waals surface area contributed by atoms with Crippen molar-refractivity contribution in [3.8, 4) is 11.4 Å². The number of Topliss-reactive ketones (excluding diaryl/α,β-unsaturated/α-hetero) is 1. The molecule has 0 aromatic carbocycles. The number of rotatable bonds is 2. The minimum Gasteiger partial charge on any atom is -0.380 e. The van der Waals surface area contributed by atoms with Gasteiger partial charge in [0, 0.05) is 24.4 Å². The Morgan fingerprint density at radius 3 is 3.11 bits per heavy atom. The second-order valence-corrected chi connectivity index (χ2v) is 4.49. The molecule has 1 unspecified atom stereocenters. The highest BCUT2D eigenvalue weighted by molar-refractivity contribution is 5.85. The van der Waals surface area contributed by atoms with Crippen LogP contribution in [0.5, 0.6) is 0 Å². The van der Waals surface area contributed by atoms with Crippen molar-refractivity contribution >= 4 is 5.78 Å². The number of hydrogen-bond donors (Lipinski definition) is 0. The van der Waals surface area contributed by atoms with E-state index in [4.69, 9.17) is 9.26 Å². The number of ketones is 1. The smallest absolute Gasteiger partial charge is 0.239 e. The Bertz CT molecular complexity index is 609. The number of carbonyl (C=O) groups excluding carboxylic acids is 1. The minimum absolute atomic E-state index is 0.0874. The van der Waals surface area contributed by atoms with Crippen LogP contribution in [0.15, 0.2) is 23.0 Å². The van der Waals surface area contributed by atoms with Crippen molar-refractivity contribution in [1.29, 1.82) is 0 Å². The van der Waals surface area contributed by atoms with Crippen LogP contribution < -0.4 is 0 Å². The van der Waals surface area contributed by atoms with Gasteiger partial charge in [0.25, 0.3) is 0 Å². The molecule has 0 amide bonds. The quantitative estimate of drug-likeness (QED) is 0.813. The summed E-state index contributed by atoms with van der Waals surface area (Å²) in [6.45, 7) is 2.73. The topological polar surface area (TPSA) is 78.1 Å². The predicted octanol–water partition coefficient (Wildman–Crippen LogP) is 1.51. The van der Waals surface area contributed by atoms with Crippen LogP contribution in [0, 0.1) is 6.92 Å². The summed E-state index contributed by atoms with van der Waals surface area (Å²) in [5.41, 5.74) is 1.82. The number of aryl methyl sites for hydroxylation is 1. The van der Waals surface area contributed by atoms with Crippen LogP contribution in [0.25, 0.3) is 11.4 Å². The molecule has 0 bridgehead atoms. The third-order valence-corrected chi connectivity index (χ3v) is 3.19. The lowest BCUT2D eigenvalue weighted by Gasteiger charge is -2.17. The van der Waals surface area contributed by atoms with Gasteiger partial charge >= 0.3 is 0 Å². The number of carbonyl (C=O) groups is 1. The van der Waals surface area contributed by atoms with Crippen LogP contribution >= 0.6 is 0 Å². The van der Waals surface area contributed by atoms with Crippen LogP contribution in [-0.2, 0) is 9.53 Å². The van der Waals surface area contributed by atoms with Crippen molar-refractivity contribution in [3.05, 3.63) is 29.9 Å². The number of nitrogens with zero attached hydrogens (tertiary/aromatic N) is 3. The Morgan fingerprint density at radius 2 is 2.32 bits per heavy atom. The van der Waals surface area contributed by atoms with Gasteiger partial charge in [0.1, 0.15) is 11.7 Å². The van der Waals surface area contributed by atoms with E-state index in [-0.39, 0.29) is 5.78 Å². The van der Waals surface area contributed by atoms with Crippen molar-refractivity contribution in [3.63, 3.8) is 0 Å². The first-order valence-corrected chi connectivity index (χ1v) is 6.11. The Kier molecular flexibility index (Phi) is 3.08. The molecule has 0 radical (unpaired) electrons. The molecule has 19 heavy (non-hydrogen) atoms. The van der Waals surface area contributed by atoms with Gasteiger partial charge in [-0.15, -0.1) is 0 Å². The maximum Gasteiger partial charge on any atom is 0.239 e. The molecule has 0 N–H and O–H groups in total. The summed E-state index contributed by atoms with van der Waals surface area (Å²) in [5.74, 6) is 0.429. The van der Waals surface area contributed by atoms with Crippen molar-refractivity contribution in [2.24, 2.45) is 0 Å². The molecule has 1 atom stereocenters. The number of ether oxygens (including phenoxy) is 1. The van der Waals surface area contributed by atoms with Gasteiger partial charge in [-0.1, -0.05) is 5.16 Å². The van der Waals surface area contributed by atoms with Gasteiger partial charge in [0.05, 0.1) is 13.2 Å². The average Bonchev–Trinajstić information content (AvgIpc) is 2.89. The van der Waals surface area contributed by atoms with Gasteiger partial charge in [-0.25, -0.2) is 0 Å². The lowest BCUT2D eigenvalue weighted by atomic mass is 10.0. The molecule has 6 nitrogen and oxygen atoms in total. The second-order valence-electron chi connectivity index (χ2n) is 4.49. The van der Waals surface area contributed by atoms with Crippen molar-refractivity contribution < 1.29 is 14.1 Å². The highest BCUT2D eigenvalue weighted by Gasteiger charge is 2.30. The van der Waals surface area contributed by atoms with Crippen LogP contribution in [0.4, 0.5) is 0 Å². The SMILES string of the molecule is Cc1ccncc1-c1noc(C2COCCC2=O)n1. The van der Waals surface area contributed by atoms with Crippen LogP contribution in [0.1, 0.15) is 23.8 Å². The van der Waals surface area contributed by atoms with Crippen LogP contribution in [-0.4, -0.2) is 34.1 Å². The normalized spacial score (nSPS) is 19.6. The molecule has 0 saturated carbocycles. The van der Waals surface area contributed by atoms with Gasteiger partial charge < -0.3 is 9.26 Å². The summed E-state index contributed by atoms with van der Waals surface area (Å²) in [5, 5.41) is 3.92. The van der Waals surface area contributed by atoms with Gasteiger partial charge in [-0.05, 0) is 18.6 Å². The monoisotopic (exact) mass is 259 g/mol. The van der Waals surface area contributed by atoms with Gasteiger partial charge in [-0.3, -0.25) is 9.78 Å². The number of hydrogen-bond acceptors (Lipinski definition) is 6. The Balaban J connectivity index is 1.91. The fourth-order valence-corrected chi connectivity index (χ4v) is 2.03. The van der Waals surface area contributed by atoms with Gasteiger partial charge in [0.15, 0.2) is 0 Å². The molecule has 1 aliphatic rings. The van der Waals surface area contributed by atoms with Gasteiger partial charge in [-0.2, -0.15) is 4.98 Å². The molecular formula is C13H13N3O3. The van der Waals surface area contributed by atoms with E-state index in [0.717, 1.165) is 11.1 Å². The molecule has 2 aromatic rings. The molecular weight excluding hydrogens is 246 g/mol. The Labute approximate surface area is 109 Å². The number of pyridine rings is 1. The molecule has 1 saturated heterocycles. The summed E-state index contributed by atoms with van der Waals surface area (Å²) >= 11 is 0. The first-order chi connectivity index (χ1) is 9.25. The van der Waals surface area contributed by atoms with E-state index in [1.54, 1.807) is 12.4 Å². The predicted molar refractivity (Wildman–Crippen MR) is 65.5 cm³/mol. The third-order valence-electron chi connectivity index (χ3n) is 3.19. The maximum absolute atomic E-state index is 11.8. The third kappa shape index (κ3) is 2.26. The van der Waals surface area contributed by atoms with Crippen molar-refractivity contribution in [2.45, 2.75) is 19.3 Å². The fraction of sp³-hybridized carbons (Fsp3) is 0.385. The molecule has 2 aromatic heterocycles. The minimum atomic E-state index is -0.438. The lowest BCUT2D eigenvalue weighted by molar-refractivity contribution is -0.127. The first kappa shape index (κ1) is 12.0. The summed E-state index contributed by atoms with van der Waals surface area (Å²) in [4.78, 5) is 20.1. The van der Waals surface area contributed by atoms with Crippen molar-refractivity contribution in [2.75, 3.05) is 13.2 Å². The fourth-order valence-electron chi connectivity index (χ4n) is 2.03. The zero-order valence-corrected chi connectivity index (χ0v) is 10.5. The second kappa shape index (κ2) is 4.89. The largest absolute Gasteiger partial charge is 0.380 e. The van der Waals surface area contributed by atoms with Crippen LogP contribution in [0.2, 0.25) is 0 Å². The zero-order valence-electron chi connectivity index (χ0n) is 10.5. The van der Waals surface area contributed by atoms with E-state index in [1.165, 1.54) is 0 Å². The van der Waals surface area contributed by atoms with E-state index >= 15 is 0 Å². The van der Waals surface area contributed by atoms with E-state index in [0.29, 0.717) is 31.3 Å². The van der Waals surface area contributed by atoms with E-state index in [1.807, 2.05) is 13.0 Å². The molecule has 0 aliphatic carbocycles. The van der Waals surface area contributed by atoms with E-state index in [2.05, 4.69) is 15.1 Å². The van der Waals surface area contributed by atoms with E-state index < -0.39 is 5.92 Å². The summed E-state index contributed by atoms with van der Waals surface area (Å²) < 4.78 is 10.5. The summed E-state index contributed by atoms with van der Waals surface area (Å²) in [6, 6.07) is 1.88. The molecule has 6 heteroatoms. The van der Waals surface area contributed by atoms with E-state index in [9.17, 15) is 4.79 Å². The first-order valence-electron chi connectivity index (χ1n) is 6.11. The summed E-state index contributed by atoms with van der Waals surface area (Å²) in [6.07, 6.45) is 3.79. The van der Waals surface area contributed by atoms with Crippen molar-refractivity contribution in [1.82, 2.24) is 15.1 Å². The maximum atomic E-state index is 11.8. The average molecular weight is 259 g/mol. The molecule has 3 rings (SSSR count). The highest BCUT2D eigenvalue weighted by Crippen LogP contribution is 2.25. The molecule has 3 heterocycles. The molecule has 0 spiro atoms. The molecule has 1 aliphatic heterocycles. The molecule has 98 valence electrons. The lowest BCUT2D eigenvalue weighted by Crippen LogP contribution is -2.25. The summed E-state index contributed by atoms with van der Waals surface area (Å²) in [7, 11) is 0. The Morgan fingerprint density at radius 1 is 1.42 bits per heavy atom. The molecule has 1 fully saturated rings. The van der Waals surface area contributed by atoms with Gasteiger partial charge in [0.2, 0.25) is 11.7 Å². The van der Waals surface area contributed by atoms with Crippen LogP contribution in [0.3, 0.4) is 0 Å². The highest BCUT2D eigenvalue weighted by atomic mass is 16.5. The number of aromatic nitrogens is 3.